The highest BCUT2D eigenvalue weighted by Gasteiger charge is 2.19. The van der Waals surface area contributed by atoms with Crippen LogP contribution < -0.4 is 16.2 Å². The fourth-order valence-corrected chi connectivity index (χ4v) is 4.67. The van der Waals surface area contributed by atoms with Gasteiger partial charge >= 0.3 is 0 Å². The first-order valence-corrected chi connectivity index (χ1v) is 12.5. The molecule has 0 saturated heterocycles. The van der Waals surface area contributed by atoms with Crippen LogP contribution in [0.5, 0.6) is 0 Å². The molecule has 0 unspecified atom stereocenters. The van der Waals surface area contributed by atoms with E-state index in [2.05, 4.69) is 15.0 Å². The molecule has 0 aliphatic heterocycles. The average Bonchev–Trinajstić information content (AvgIpc) is 3.08. The van der Waals surface area contributed by atoms with Crippen molar-refractivity contribution in [1.29, 1.82) is 0 Å². The Hall–Kier alpha value is -4.02. The maximum Gasteiger partial charge on any atom is 0.295 e. The van der Waals surface area contributed by atoms with Gasteiger partial charge in [0.25, 0.3) is 15.6 Å². The molecule has 35 heavy (non-hydrogen) atoms. The van der Waals surface area contributed by atoms with E-state index in [1.807, 2.05) is 36.4 Å². The smallest absolute Gasteiger partial charge is 0.295 e. The minimum Gasteiger partial charge on any atom is -0.326 e. The molecule has 4 rings (SSSR count). The normalized spacial score (nSPS) is 11.8. The second kappa shape index (κ2) is 10.1. The molecule has 0 aliphatic rings. The highest BCUT2D eigenvalue weighted by molar-refractivity contribution is 7.90. The molecule has 0 atom stereocenters. The number of nitrogens with one attached hydrogen (secondary N) is 2. The number of benzene rings is 3. The molecule has 0 radical (unpaired) electrons. The Kier molecular flexibility index (Phi) is 6.94. The number of amidine groups is 1. The third-order valence-corrected chi connectivity index (χ3v) is 6.82. The molecule has 0 spiro atoms. The molecule has 0 amide bonds. The Bertz CT molecular complexity index is 1540. The number of sulfonamides is 1. The number of thiocarbonyl (C=S) groups is 1. The summed E-state index contributed by atoms with van der Waals surface area (Å²) in [6.45, 7) is 1.79. The standard InChI is InChI=1S/C25H23N5O3S2/c1-18-22(24(31)30(29(18)2)20-14-8-4-9-15-20)26-25(34)27-23(19-12-6-3-7-13-19)28-35(32,33)21-16-10-5-11-17-21/h3-17H,1-2H3,(H2,26,27,28,34). The van der Waals surface area contributed by atoms with Gasteiger partial charge in [0.2, 0.25) is 0 Å². The summed E-state index contributed by atoms with van der Waals surface area (Å²) >= 11 is 5.45. The van der Waals surface area contributed by atoms with Crippen LogP contribution in [-0.2, 0) is 17.1 Å². The molecular formula is C25H23N5O3S2. The molecule has 178 valence electrons. The molecule has 4 aromatic rings. The summed E-state index contributed by atoms with van der Waals surface area (Å²) in [5, 5.41) is 5.82. The van der Waals surface area contributed by atoms with Crippen LogP contribution in [0.2, 0.25) is 0 Å². The van der Waals surface area contributed by atoms with Gasteiger partial charge in [-0.3, -0.25) is 9.48 Å². The van der Waals surface area contributed by atoms with Crippen molar-refractivity contribution >= 4 is 38.9 Å². The fraction of sp³-hybridized carbons (Fsp3) is 0.0800. The molecular weight excluding hydrogens is 482 g/mol. The molecule has 0 aliphatic carbocycles. The molecule has 0 bridgehead atoms. The van der Waals surface area contributed by atoms with Crippen LogP contribution in [0.4, 0.5) is 5.69 Å². The minimum atomic E-state index is -4.01. The van der Waals surface area contributed by atoms with Crippen molar-refractivity contribution in [2.24, 2.45) is 11.4 Å². The first kappa shape index (κ1) is 24.1. The summed E-state index contributed by atoms with van der Waals surface area (Å²) in [5.41, 5.74) is 1.85. The third-order valence-electron chi connectivity index (χ3n) is 5.32. The van der Waals surface area contributed by atoms with Crippen LogP contribution >= 0.6 is 12.2 Å². The van der Waals surface area contributed by atoms with E-state index in [-0.39, 0.29) is 27.1 Å². The molecule has 8 nitrogen and oxygen atoms in total. The Morgan fingerprint density at radius 1 is 0.886 bits per heavy atom. The van der Waals surface area contributed by atoms with Crippen molar-refractivity contribution in [2.75, 3.05) is 5.32 Å². The van der Waals surface area contributed by atoms with Crippen LogP contribution in [0.1, 0.15) is 11.3 Å². The number of rotatable bonds is 5. The largest absolute Gasteiger partial charge is 0.326 e. The van der Waals surface area contributed by atoms with Crippen molar-refractivity contribution in [3.05, 3.63) is 113 Å². The van der Waals surface area contributed by atoms with Crippen molar-refractivity contribution in [1.82, 2.24) is 14.7 Å². The van der Waals surface area contributed by atoms with E-state index in [9.17, 15) is 13.2 Å². The van der Waals surface area contributed by atoms with Gasteiger partial charge in [0, 0.05) is 12.6 Å². The van der Waals surface area contributed by atoms with Crippen molar-refractivity contribution in [3.8, 4) is 5.69 Å². The number of anilines is 1. The van der Waals surface area contributed by atoms with E-state index >= 15 is 0 Å². The zero-order valence-corrected chi connectivity index (χ0v) is 20.7. The molecule has 2 N–H and O–H groups in total. The summed E-state index contributed by atoms with van der Waals surface area (Å²) in [6.07, 6.45) is 0. The lowest BCUT2D eigenvalue weighted by Crippen LogP contribution is -2.36. The van der Waals surface area contributed by atoms with Crippen LogP contribution in [0.25, 0.3) is 5.69 Å². The van der Waals surface area contributed by atoms with Gasteiger partial charge in [-0.1, -0.05) is 66.7 Å². The highest BCUT2D eigenvalue weighted by atomic mass is 32.2. The van der Waals surface area contributed by atoms with Gasteiger partial charge in [0.15, 0.2) is 10.9 Å². The highest BCUT2D eigenvalue weighted by Crippen LogP contribution is 2.15. The molecule has 3 aromatic carbocycles. The van der Waals surface area contributed by atoms with Gasteiger partial charge in [0.1, 0.15) is 5.69 Å². The van der Waals surface area contributed by atoms with Crippen molar-refractivity contribution in [3.63, 3.8) is 0 Å². The average molecular weight is 506 g/mol. The van der Waals surface area contributed by atoms with Crippen LogP contribution in [0.3, 0.4) is 0 Å². The van der Waals surface area contributed by atoms with Gasteiger partial charge in [-0.2, -0.15) is 8.42 Å². The Morgan fingerprint density at radius 2 is 1.43 bits per heavy atom. The lowest BCUT2D eigenvalue weighted by atomic mass is 10.2. The SMILES string of the molecule is Cc1c(NC(=S)N/C(=N\S(=O)(=O)c2ccccc2)c2ccccc2)c(=O)n(-c2ccccc2)n1C. The number of aromatic nitrogens is 2. The predicted octanol–water partition coefficient (Wildman–Crippen LogP) is 3.61. The molecule has 1 heterocycles. The number of nitrogens with zero attached hydrogens (tertiary/aromatic N) is 3. The number of para-hydroxylation sites is 1. The fourth-order valence-electron chi connectivity index (χ4n) is 3.47. The first-order valence-electron chi connectivity index (χ1n) is 10.7. The predicted molar refractivity (Wildman–Crippen MR) is 142 cm³/mol. The van der Waals surface area contributed by atoms with Gasteiger partial charge in [-0.25, -0.2) is 4.68 Å². The first-order chi connectivity index (χ1) is 16.8. The van der Waals surface area contributed by atoms with Crippen LogP contribution in [-0.4, -0.2) is 28.7 Å². The van der Waals surface area contributed by atoms with E-state index in [1.54, 1.807) is 61.1 Å². The lowest BCUT2D eigenvalue weighted by Gasteiger charge is -2.12. The van der Waals surface area contributed by atoms with Gasteiger partial charge in [-0.05, 0) is 43.4 Å². The van der Waals surface area contributed by atoms with Gasteiger partial charge in [0.05, 0.1) is 16.3 Å². The molecule has 1 aromatic heterocycles. The number of hydrogen-bond donors (Lipinski definition) is 2. The molecule has 0 fully saturated rings. The quantitative estimate of drug-likeness (QED) is 0.244. The molecule has 0 saturated carbocycles. The third kappa shape index (κ3) is 5.23. The van der Waals surface area contributed by atoms with E-state index in [0.29, 0.717) is 16.9 Å². The number of hydrogen-bond acceptors (Lipinski definition) is 4. The maximum absolute atomic E-state index is 13.2. The topological polar surface area (TPSA) is 97.5 Å². The monoisotopic (exact) mass is 505 g/mol. The van der Waals surface area contributed by atoms with Crippen LogP contribution in [0, 0.1) is 6.92 Å². The van der Waals surface area contributed by atoms with Crippen LogP contribution in [0.15, 0.2) is 105 Å². The Morgan fingerprint density at radius 3 is 2.03 bits per heavy atom. The second-order valence-corrected chi connectivity index (χ2v) is 9.62. The minimum absolute atomic E-state index is 0.0295. The Balaban J connectivity index is 1.67. The van der Waals surface area contributed by atoms with E-state index in [1.165, 1.54) is 16.8 Å². The van der Waals surface area contributed by atoms with Crippen molar-refractivity contribution < 1.29 is 8.42 Å². The van der Waals surface area contributed by atoms with Gasteiger partial charge in [-0.15, -0.1) is 4.40 Å². The summed E-state index contributed by atoms with van der Waals surface area (Å²) in [4.78, 5) is 13.2. The summed E-state index contributed by atoms with van der Waals surface area (Å²) in [7, 11) is -2.24. The van der Waals surface area contributed by atoms with E-state index in [4.69, 9.17) is 12.2 Å². The van der Waals surface area contributed by atoms with E-state index in [0.717, 1.165) is 0 Å². The summed E-state index contributed by atoms with van der Waals surface area (Å²) in [6, 6.07) is 25.9. The zero-order valence-electron chi connectivity index (χ0n) is 19.0. The van der Waals surface area contributed by atoms with Crippen molar-refractivity contribution in [2.45, 2.75) is 11.8 Å². The molecule has 10 heteroatoms. The van der Waals surface area contributed by atoms with E-state index < -0.39 is 10.0 Å². The van der Waals surface area contributed by atoms with Gasteiger partial charge < -0.3 is 10.6 Å². The zero-order chi connectivity index (χ0) is 25.0. The Labute approximate surface area is 208 Å². The maximum atomic E-state index is 13.2. The summed E-state index contributed by atoms with van der Waals surface area (Å²) < 4.78 is 33.1. The summed E-state index contributed by atoms with van der Waals surface area (Å²) in [5.74, 6) is 0.0314. The second-order valence-electron chi connectivity index (χ2n) is 7.61. The lowest BCUT2D eigenvalue weighted by molar-refractivity contribution is 0.598.